The molecule has 1 aromatic heterocycles. The van der Waals surface area contributed by atoms with Gasteiger partial charge in [0.25, 0.3) is 0 Å². The molecular weight excluding hydrogens is 152 g/mol. The van der Waals surface area contributed by atoms with Gasteiger partial charge in [0.1, 0.15) is 11.3 Å². The minimum Gasteiger partial charge on any atom is -0.508 e. The van der Waals surface area contributed by atoms with Crippen molar-refractivity contribution >= 4 is 11.0 Å². The van der Waals surface area contributed by atoms with E-state index < -0.39 is 0 Å². The van der Waals surface area contributed by atoms with E-state index in [1.807, 2.05) is 19.9 Å². The highest BCUT2D eigenvalue weighted by Crippen LogP contribution is 2.29. The average molecular weight is 162 g/mol. The molecule has 0 bridgehead atoms. The molecule has 0 saturated carbocycles. The summed E-state index contributed by atoms with van der Waals surface area (Å²) in [5.74, 6) is 0.335. The zero-order chi connectivity index (χ0) is 8.72. The first-order chi connectivity index (χ1) is 5.70. The molecule has 1 heterocycles. The van der Waals surface area contributed by atoms with E-state index in [0.29, 0.717) is 5.75 Å². The van der Waals surface area contributed by atoms with Crippen LogP contribution in [0.5, 0.6) is 5.75 Å². The number of phenolic OH excluding ortho intramolecular Hbond substituents is 1. The number of aryl methyl sites for hydroxylation is 2. The second kappa shape index (κ2) is 2.27. The molecule has 62 valence electrons. The minimum absolute atomic E-state index is 0.335. The second-order valence-corrected chi connectivity index (χ2v) is 3.00. The highest BCUT2D eigenvalue weighted by atomic mass is 16.3. The standard InChI is InChI=1S/C10H10O2/c1-6-5-9(11)7(2)8-3-4-12-10(6)8/h3-5,11H,1-2H3. The number of hydrogen-bond acceptors (Lipinski definition) is 2. The van der Waals surface area contributed by atoms with E-state index in [4.69, 9.17) is 4.42 Å². The molecule has 0 unspecified atom stereocenters. The Morgan fingerprint density at radius 1 is 1.33 bits per heavy atom. The van der Waals surface area contributed by atoms with Gasteiger partial charge in [-0.1, -0.05) is 0 Å². The summed E-state index contributed by atoms with van der Waals surface area (Å²) in [6.07, 6.45) is 1.64. The van der Waals surface area contributed by atoms with Crippen molar-refractivity contribution in [2.75, 3.05) is 0 Å². The first-order valence-corrected chi connectivity index (χ1v) is 3.86. The lowest BCUT2D eigenvalue weighted by Gasteiger charge is -2.01. The first kappa shape index (κ1) is 7.22. The van der Waals surface area contributed by atoms with Crippen LogP contribution >= 0.6 is 0 Å². The van der Waals surface area contributed by atoms with Gasteiger partial charge < -0.3 is 9.52 Å². The number of furan rings is 1. The van der Waals surface area contributed by atoms with Crippen LogP contribution in [0.2, 0.25) is 0 Å². The molecule has 1 N–H and O–H groups in total. The second-order valence-electron chi connectivity index (χ2n) is 3.00. The van der Waals surface area contributed by atoms with Gasteiger partial charge in [0.05, 0.1) is 6.26 Å². The van der Waals surface area contributed by atoms with Crippen LogP contribution in [0.25, 0.3) is 11.0 Å². The Hall–Kier alpha value is -1.44. The molecule has 1 aromatic carbocycles. The number of benzene rings is 1. The summed E-state index contributed by atoms with van der Waals surface area (Å²) in [6.45, 7) is 3.80. The molecule has 2 aromatic rings. The largest absolute Gasteiger partial charge is 0.508 e. The zero-order valence-electron chi connectivity index (χ0n) is 7.09. The Bertz CT molecular complexity index is 427. The third-order valence-corrected chi connectivity index (χ3v) is 2.16. The van der Waals surface area contributed by atoms with Gasteiger partial charge in [-0.05, 0) is 31.5 Å². The third kappa shape index (κ3) is 0.811. The maximum Gasteiger partial charge on any atom is 0.137 e. The quantitative estimate of drug-likeness (QED) is 0.646. The van der Waals surface area contributed by atoms with Crippen molar-refractivity contribution in [3.05, 3.63) is 29.5 Å². The monoisotopic (exact) mass is 162 g/mol. The van der Waals surface area contributed by atoms with E-state index in [0.717, 1.165) is 22.1 Å². The van der Waals surface area contributed by atoms with E-state index in [1.165, 1.54) is 0 Å². The summed E-state index contributed by atoms with van der Waals surface area (Å²) in [5.41, 5.74) is 2.72. The number of phenols is 1. The smallest absolute Gasteiger partial charge is 0.137 e. The van der Waals surface area contributed by atoms with Crippen LogP contribution in [0.3, 0.4) is 0 Å². The van der Waals surface area contributed by atoms with Gasteiger partial charge in [0.15, 0.2) is 0 Å². The van der Waals surface area contributed by atoms with Crippen LogP contribution in [0, 0.1) is 13.8 Å². The Morgan fingerprint density at radius 2 is 2.08 bits per heavy atom. The van der Waals surface area contributed by atoms with Crippen molar-refractivity contribution in [1.29, 1.82) is 0 Å². The normalized spacial score (nSPS) is 10.8. The van der Waals surface area contributed by atoms with Gasteiger partial charge in [-0.2, -0.15) is 0 Å². The van der Waals surface area contributed by atoms with Crippen LogP contribution in [0.4, 0.5) is 0 Å². The predicted molar refractivity (Wildman–Crippen MR) is 47.4 cm³/mol. The number of fused-ring (bicyclic) bond motifs is 1. The summed E-state index contributed by atoms with van der Waals surface area (Å²) >= 11 is 0. The van der Waals surface area contributed by atoms with Crippen LogP contribution in [0.15, 0.2) is 22.8 Å². The van der Waals surface area contributed by atoms with Gasteiger partial charge in [-0.25, -0.2) is 0 Å². The minimum atomic E-state index is 0.335. The number of aromatic hydroxyl groups is 1. The van der Waals surface area contributed by atoms with E-state index in [-0.39, 0.29) is 0 Å². The summed E-state index contributed by atoms with van der Waals surface area (Å²) in [6, 6.07) is 3.60. The molecule has 0 spiro atoms. The van der Waals surface area contributed by atoms with Gasteiger partial charge in [-0.15, -0.1) is 0 Å². The van der Waals surface area contributed by atoms with Crippen molar-refractivity contribution in [2.45, 2.75) is 13.8 Å². The fourth-order valence-electron chi connectivity index (χ4n) is 1.43. The van der Waals surface area contributed by atoms with Crippen molar-refractivity contribution in [3.8, 4) is 5.75 Å². The maximum atomic E-state index is 9.47. The molecule has 0 aliphatic rings. The van der Waals surface area contributed by atoms with Crippen LogP contribution in [-0.2, 0) is 0 Å². The summed E-state index contributed by atoms with van der Waals surface area (Å²) in [4.78, 5) is 0. The molecule has 0 radical (unpaired) electrons. The van der Waals surface area contributed by atoms with Gasteiger partial charge in [0.2, 0.25) is 0 Å². The lowest BCUT2D eigenvalue weighted by atomic mass is 10.1. The molecule has 12 heavy (non-hydrogen) atoms. The zero-order valence-corrected chi connectivity index (χ0v) is 7.09. The van der Waals surface area contributed by atoms with Crippen LogP contribution in [0.1, 0.15) is 11.1 Å². The predicted octanol–water partition coefficient (Wildman–Crippen LogP) is 2.76. The summed E-state index contributed by atoms with van der Waals surface area (Å²) < 4.78 is 5.27. The van der Waals surface area contributed by atoms with Gasteiger partial charge in [-0.3, -0.25) is 0 Å². The Balaban J connectivity index is 2.97. The lowest BCUT2D eigenvalue weighted by Crippen LogP contribution is -1.79. The SMILES string of the molecule is Cc1c(O)cc(C)c2occc12. The highest BCUT2D eigenvalue weighted by molar-refractivity contribution is 5.85. The lowest BCUT2D eigenvalue weighted by molar-refractivity contribution is 0.471. The fourth-order valence-corrected chi connectivity index (χ4v) is 1.43. The Labute approximate surface area is 70.4 Å². The van der Waals surface area contributed by atoms with E-state index in [9.17, 15) is 5.11 Å². The molecule has 0 atom stereocenters. The fraction of sp³-hybridized carbons (Fsp3) is 0.200. The van der Waals surface area contributed by atoms with Crippen molar-refractivity contribution in [1.82, 2.24) is 0 Å². The highest BCUT2D eigenvalue weighted by Gasteiger charge is 2.07. The molecule has 0 amide bonds. The topological polar surface area (TPSA) is 33.4 Å². The summed E-state index contributed by atoms with van der Waals surface area (Å²) in [7, 11) is 0. The molecule has 0 saturated heterocycles. The van der Waals surface area contributed by atoms with E-state index in [2.05, 4.69) is 0 Å². The summed E-state index contributed by atoms with van der Waals surface area (Å²) in [5, 5.41) is 10.5. The Kier molecular flexibility index (Phi) is 1.37. The third-order valence-electron chi connectivity index (χ3n) is 2.16. The Morgan fingerprint density at radius 3 is 2.83 bits per heavy atom. The molecule has 0 aliphatic heterocycles. The number of hydrogen-bond donors (Lipinski definition) is 1. The molecule has 2 heteroatoms. The van der Waals surface area contributed by atoms with Crippen LogP contribution in [-0.4, -0.2) is 5.11 Å². The van der Waals surface area contributed by atoms with Crippen LogP contribution < -0.4 is 0 Å². The molecule has 2 rings (SSSR count). The van der Waals surface area contributed by atoms with Gasteiger partial charge >= 0.3 is 0 Å². The molecule has 0 aliphatic carbocycles. The molecular formula is C10H10O2. The van der Waals surface area contributed by atoms with Crippen molar-refractivity contribution in [3.63, 3.8) is 0 Å². The number of rotatable bonds is 0. The molecule has 2 nitrogen and oxygen atoms in total. The average Bonchev–Trinajstić information content (AvgIpc) is 2.48. The van der Waals surface area contributed by atoms with Gasteiger partial charge in [0, 0.05) is 10.9 Å². The molecule has 0 fully saturated rings. The maximum absolute atomic E-state index is 9.47. The first-order valence-electron chi connectivity index (χ1n) is 3.86. The van der Waals surface area contributed by atoms with E-state index >= 15 is 0 Å². The van der Waals surface area contributed by atoms with Crippen molar-refractivity contribution < 1.29 is 9.52 Å². The van der Waals surface area contributed by atoms with Crippen molar-refractivity contribution in [2.24, 2.45) is 0 Å². The van der Waals surface area contributed by atoms with E-state index in [1.54, 1.807) is 12.3 Å².